The van der Waals surface area contributed by atoms with Crippen LogP contribution in [0.1, 0.15) is 25.3 Å². The molecule has 1 aromatic heterocycles. The number of aryl methyl sites for hydroxylation is 1. The molecule has 1 aliphatic rings. The summed E-state index contributed by atoms with van der Waals surface area (Å²) in [6.07, 6.45) is 5.94. The minimum Gasteiger partial charge on any atom is -0.399 e. The summed E-state index contributed by atoms with van der Waals surface area (Å²) in [5.41, 5.74) is 6.90. The maximum atomic E-state index is 12.0. The average Bonchev–Trinajstić information content (AvgIpc) is 3.21. The number of aromatic nitrogens is 2. The van der Waals surface area contributed by atoms with E-state index in [0.717, 1.165) is 12.8 Å². The van der Waals surface area contributed by atoms with Crippen molar-refractivity contribution in [1.82, 2.24) is 9.13 Å². The van der Waals surface area contributed by atoms with E-state index >= 15 is 0 Å². The van der Waals surface area contributed by atoms with Gasteiger partial charge in [-0.15, -0.1) is 0 Å². The van der Waals surface area contributed by atoms with Gasteiger partial charge in [0.1, 0.15) is 0 Å². The molecule has 0 atom stereocenters. The first-order valence-electron chi connectivity index (χ1n) is 7.06. The van der Waals surface area contributed by atoms with Gasteiger partial charge in [0.05, 0.1) is 0 Å². The van der Waals surface area contributed by atoms with Gasteiger partial charge in [-0.3, -0.25) is 13.9 Å². The van der Waals surface area contributed by atoms with Crippen molar-refractivity contribution in [2.75, 3.05) is 11.1 Å². The highest BCUT2D eigenvalue weighted by Gasteiger charge is 2.25. The van der Waals surface area contributed by atoms with Crippen LogP contribution < -0.4 is 16.7 Å². The van der Waals surface area contributed by atoms with Crippen LogP contribution in [0.4, 0.5) is 11.4 Å². The minimum absolute atomic E-state index is 0.0331. The molecule has 0 unspecified atom stereocenters. The van der Waals surface area contributed by atoms with Gasteiger partial charge in [-0.25, -0.2) is 4.79 Å². The van der Waals surface area contributed by atoms with E-state index < -0.39 is 0 Å². The Morgan fingerprint density at radius 1 is 1.33 bits per heavy atom. The molecule has 0 radical (unpaired) electrons. The van der Waals surface area contributed by atoms with Crippen LogP contribution in [-0.4, -0.2) is 15.0 Å². The summed E-state index contributed by atoms with van der Waals surface area (Å²) >= 11 is 0. The Morgan fingerprint density at radius 3 is 2.86 bits per heavy atom. The summed E-state index contributed by atoms with van der Waals surface area (Å²) in [5.74, 6) is -0.133. The number of carbonyl (C=O) groups is 1. The molecule has 3 rings (SSSR count). The quantitative estimate of drug-likeness (QED) is 0.819. The van der Waals surface area contributed by atoms with Crippen LogP contribution in [0.2, 0.25) is 0 Å². The highest BCUT2D eigenvalue weighted by molar-refractivity contribution is 5.91. The second-order valence-corrected chi connectivity index (χ2v) is 5.34. The van der Waals surface area contributed by atoms with E-state index in [1.165, 1.54) is 0 Å². The summed E-state index contributed by atoms with van der Waals surface area (Å²) in [6.45, 7) is 0.382. The van der Waals surface area contributed by atoms with E-state index in [4.69, 9.17) is 5.73 Å². The van der Waals surface area contributed by atoms with Gasteiger partial charge in [-0.2, -0.15) is 0 Å². The molecule has 1 saturated carbocycles. The monoisotopic (exact) mass is 286 g/mol. The van der Waals surface area contributed by atoms with Crippen LogP contribution in [0.3, 0.4) is 0 Å². The second-order valence-electron chi connectivity index (χ2n) is 5.34. The van der Waals surface area contributed by atoms with Gasteiger partial charge >= 0.3 is 5.69 Å². The van der Waals surface area contributed by atoms with Gasteiger partial charge in [0.15, 0.2) is 0 Å². The third-order valence-electron chi connectivity index (χ3n) is 3.56. The van der Waals surface area contributed by atoms with Crippen molar-refractivity contribution < 1.29 is 4.79 Å². The summed E-state index contributed by atoms with van der Waals surface area (Å²) < 4.78 is 3.33. The number of nitrogens with two attached hydrogens (primary N) is 1. The molecule has 0 aliphatic heterocycles. The van der Waals surface area contributed by atoms with Crippen LogP contribution in [0, 0.1) is 0 Å². The van der Waals surface area contributed by atoms with Gasteiger partial charge in [-0.05, 0) is 31.0 Å². The van der Waals surface area contributed by atoms with Crippen molar-refractivity contribution in [1.29, 1.82) is 0 Å². The number of imidazole rings is 1. The zero-order valence-corrected chi connectivity index (χ0v) is 11.7. The van der Waals surface area contributed by atoms with Crippen LogP contribution in [0.15, 0.2) is 41.5 Å². The molecular formula is C15H18N4O2. The third-order valence-corrected chi connectivity index (χ3v) is 3.56. The van der Waals surface area contributed by atoms with E-state index in [9.17, 15) is 9.59 Å². The molecule has 1 amide bonds. The summed E-state index contributed by atoms with van der Waals surface area (Å²) in [4.78, 5) is 23.9. The molecule has 0 bridgehead atoms. The molecule has 1 aliphatic carbocycles. The van der Waals surface area contributed by atoms with E-state index in [1.54, 1.807) is 45.8 Å². The first-order valence-corrected chi connectivity index (χ1v) is 7.06. The molecule has 1 heterocycles. The largest absolute Gasteiger partial charge is 0.399 e. The zero-order valence-electron chi connectivity index (χ0n) is 11.7. The van der Waals surface area contributed by atoms with Crippen molar-refractivity contribution in [2.45, 2.75) is 31.8 Å². The Balaban J connectivity index is 1.57. The maximum absolute atomic E-state index is 12.0. The molecule has 0 saturated heterocycles. The number of rotatable bonds is 5. The molecule has 0 spiro atoms. The lowest BCUT2D eigenvalue weighted by molar-refractivity contribution is -0.116. The lowest BCUT2D eigenvalue weighted by atomic mass is 10.2. The highest BCUT2D eigenvalue weighted by Crippen LogP contribution is 2.33. The number of nitrogen functional groups attached to an aromatic ring is 1. The second kappa shape index (κ2) is 5.47. The fourth-order valence-electron chi connectivity index (χ4n) is 2.29. The van der Waals surface area contributed by atoms with Crippen LogP contribution in [0.25, 0.3) is 0 Å². The number of anilines is 2. The molecule has 1 aromatic carbocycles. The topological polar surface area (TPSA) is 82.0 Å². The van der Waals surface area contributed by atoms with Crippen LogP contribution in [-0.2, 0) is 11.3 Å². The Bertz CT molecular complexity index is 712. The Hall–Kier alpha value is -2.50. The molecule has 6 nitrogen and oxygen atoms in total. The predicted octanol–water partition coefficient (Wildman–Crippen LogP) is 1.60. The highest BCUT2D eigenvalue weighted by atomic mass is 16.2. The number of hydrogen-bond acceptors (Lipinski definition) is 3. The summed E-state index contributed by atoms with van der Waals surface area (Å²) in [6, 6.07) is 7.39. The van der Waals surface area contributed by atoms with Gasteiger partial charge in [0.25, 0.3) is 0 Å². The molecule has 110 valence electrons. The third kappa shape index (κ3) is 3.16. The number of carbonyl (C=O) groups excluding carboxylic acids is 1. The van der Waals surface area contributed by atoms with Gasteiger partial charge in [0.2, 0.25) is 5.91 Å². The molecular weight excluding hydrogens is 268 g/mol. The fourth-order valence-corrected chi connectivity index (χ4v) is 2.29. The number of nitrogens with one attached hydrogen (secondary N) is 1. The van der Waals surface area contributed by atoms with Crippen molar-refractivity contribution in [3.05, 3.63) is 47.1 Å². The van der Waals surface area contributed by atoms with E-state index in [1.807, 2.05) is 0 Å². The SMILES string of the molecule is Nc1cccc(NC(=O)CCn2ccn(C3CC3)c2=O)c1. The molecule has 6 heteroatoms. The Morgan fingerprint density at radius 2 is 2.14 bits per heavy atom. The first kappa shape index (κ1) is 13.5. The first-order chi connectivity index (χ1) is 10.1. The molecule has 3 N–H and O–H groups in total. The standard InChI is InChI=1S/C15H18N4O2/c16-11-2-1-3-12(10-11)17-14(20)6-7-18-8-9-19(15(18)21)13-4-5-13/h1-3,8-10,13H,4-7,16H2,(H,17,20). The lowest BCUT2D eigenvalue weighted by Crippen LogP contribution is -2.25. The van der Waals surface area contributed by atoms with E-state index in [-0.39, 0.29) is 18.0 Å². The molecule has 1 fully saturated rings. The number of hydrogen-bond donors (Lipinski definition) is 2. The van der Waals surface area contributed by atoms with Crippen molar-refractivity contribution in [2.24, 2.45) is 0 Å². The smallest absolute Gasteiger partial charge is 0.328 e. The van der Waals surface area contributed by atoms with Crippen LogP contribution >= 0.6 is 0 Å². The van der Waals surface area contributed by atoms with Crippen LogP contribution in [0.5, 0.6) is 0 Å². The summed E-state index contributed by atoms with van der Waals surface area (Å²) in [7, 11) is 0. The van der Waals surface area contributed by atoms with Gasteiger partial charge < -0.3 is 11.1 Å². The summed E-state index contributed by atoms with van der Waals surface area (Å²) in [5, 5.41) is 2.77. The van der Waals surface area contributed by atoms with Gasteiger partial charge in [-0.1, -0.05) is 6.07 Å². The van der Waals surface area contributed by atoms with E-state index in [2.05, 4.69) is 5.32 Å². The number of benzene rings is 1. The van der Waals surface area contributed by atoms with Gasteiger partial charge in [0, 0.05) is 42.8 Å². The lowest BCUT2D eigenvalue weighted by Gasteiger charge is -2.06. The predicted molar refractivity (Wildman–Crippen MR) is 81.1 cm³/mol. The normalized spacial score (nSPS) is 14.1. The number of amides is 1. The van der Waals surface area contributed by atoms with Crippen molar-refractivity contribution in [3.8, 4) is 0 Å². The van der Waals surface area contributed by atoms with Crippen molar-refractivity contribution >= 4 is 17.3 Å². The van der Waals surface area contributed by atoms with E-state index in [0.29, 0.717) is 24.0 Å². The minimum atomic E-state index is -0.133. The zero-order chi connectivity index (χ0) is 14.8. The molecule has 21 heavy (non-hydrogen) atoms. The fraction of sp³-hybridized carbons (Fsp3) is 0.333. The number of nitrogens with zero attached hydrogens (tertiary/aromatic N) is 2. The van der Waals surface area contributed by atoms with Crippen molar-refractivity contribution in [3.63, 3.8) is 0 Å². The Kier molecular flexibility index (Phi) is 3.51. The average molecular weight is 286 g/mol. The molecule has 2 aromatic rings. The maximum Gasteiger partial charge on any atom is 0.328 e. The Labute approximate surface area is 122 Å².